The van der Waals surface area contributed by atoms with E-state index in [0.29, 0.717) is 6.04 Å². The van der Waals surface area contributed by atoms with Crippen LogP contribution < -0.4 is 0 Å². The van der Waals surface area contributed by atoms with Gasteiger partial charge in [-0.3, -0.25) is 4.79 Å². The summed E-state index contributed by atoms with van der Waals surface area (Å²) in [7, 11) is 0. The maximum atomic E-state index is 11.9. The number of nitrogens with zero attached hydrogens (tertiary/aromatic N) is 1. The maximum absolute atomic E-state index is 11.9. The summed E-state index contributed by atoms with van der Waals surface area (Å²) in [6.07, 6.45) is 0. The van der Waals surface area contributed by atoms with Gasteiger partial charge in [-0.05, 0) is 30.0 Å². The average Bonchev–Trinajstić information content (AvgIpc) is 2.93. The van der Waals surface area contributed by atoms with Crippen molar-refractivity contribution in [1.82, 2.24) is 4.90 Å². The van der Waals surface area contributed by atoms with Gasteiger partial charge in [0.25, 0.3) is 5.91 Å². The fraction of sp³-hybridized carbons (Fsp3) is 0.500. The zero-order valence-electron chi connectivity index (χ0n) is 10.4. The summed E-state index contributed by atoms with van der Waals surface area (Å²) in [6.45, 7) is 9.50. The molecule has 0 bridgehead atoms. The third-order valence-electron chi connectivity index (χ3n) is 3.12. The Morgan fingerprint density at radius 3 is 2.12 bits per heavy atom. The molecule has 1 fully saturated rings. The minimum Gasteiger partial charge on any atom is -0.332 e. The molecule has 0 saturated carbocycles. The third kappa shape index (κ3) is 2.11. The average molecular weight is 217 g/mol. The molecule has 0 spiro atoms. The van der Waals surface area contributed by atoms with Crippen LogP contribution in [0.4, 0.5) is 0 Å². The van der Waals surface area contributed by atoms with E-state index in [-0.39, 0.29) is 11.3 Å². The molecule has 2 nitrogen and oxygen atoms in total. The zero-order chi connectivity index (χ0) is 11.9. The molecule has 2 heteroatoms. The van der Waals surface area contributed by atoms with E-state index in [0.717, 1.165) is 12.1 Å². The summed E-state index contributed by atoms with van der Waals surface area (Å²) >= 11 is 0. The van der Waals surface area contributed by atoms with E-state index in [1.165, 1.54) is 5.56 Å². The number of amides is 1. The maximum Gasteiger partial charge on any atom is 0.254 e. The van der Waals surface area contributed by atoms with Crippen molar-refractivity contribution in [2.45, 2.75) is 39.2 Å². The van der Waals surface area contributed by atoms with E-state index in [9.17, 15) is 4.79 Å². The first-order valence-electron chi connectivity index (χ1n) is 5.81. The first-order valence-corrected chi connectivity index (χ1v) is 5.81. The van der Waals surface area contributed by atoms with E-state index >= 15 is 0 Å². The largest absolute Gasteiger partial charge is 0.332 e. The lowest BCUT2D eigenvalue weighted by Crippen LogP contribution is -2.14. The first-order chi connectivity index (χ1) is 7.39. The SMILES string of the molecule is CC1CN1C(=O)c1ccc(C(C)(C)C)cc1. The van der Waals surface area contributed by atoms with Crippen molar-refractivity contribution in [3.05, 3.63) is 35.4 Å². The Hall–Kier alpha value is -1.31. The predicted octanol–water partition coefficient (Wildman–Crippen LogP) is 2.83. The van der Waals surface area contributed by atoms with Crippen LogP contribution >= 0.6 is 0 Å². The minimum absolute atomic E-state index is 0.148. The lowest BCUT2D eigenvalue weighted by atomic mass is 9.87. The molecular formula is C14H19NO. The van der Waals surface area contributed by atoms with Crippen LogP contribution in [0.25, 0.3) is 0 Å². The van der Waals surface area contributed by atoms with Crippen LogP contribution in [-0.2, 0) is 5.41 Å². The van der Waals surface area contributed by atoms with Crippen molar-refractivity contribution in [2.75, 3.05) is 6.54 Å². The van der Waals surface area contributed by atoms with Crippen molar-refractivity contribution in [3.63, 3.8) is 0 Å². The van der Waals surface area contributed by atoms with Gasteiger partial charge in [0.05, 0.1) is 0 Å². The summed E-state index contributed by atoms with van der Waals surface area (Å²) in [5.74, 6) is 0.160. The Balaban J connectivity index is 2.16. The lowest BCUT2D eigenvalue weighted by molar-refractivity contribution is 0.0876. The quantitative estimate of drug-likeness (QED) is 0.662. The highest BCUT2D eigenvalue weighted by Gasteiger charge is 2.34. The summed E-state index contributed by atoms with van der Waals surface area (Å²) in [4.78, 5) is 13.8. The van der Waals surface area contributed by atoms with Gasteiger partial charge in [-0.2, -0.15) is 0 Å². The van der Waals surface area contributed by atoms with Crippen LogP contribution in [0, 0.1) is 0 Å². The molecule has 1 aromatic carbocycles. The van der Waals surface area contributed by atoms with Crippen LogP contribution in [0.1, 0.15) is 43.6 Å². The fourth-order valence-electron chi connectivity index (χ4n) is 1.80. The number of hydrogen-bond acceptors (Lipinski definition) is 1. The normalized spacial score (nSPS) is 19.8. The van der Waals surface area contributed by atoms with Gasteiger partial charge in [-0.1, -0.05) is 32.9 Å². The minimum atomic E-state index is 0.148. The molecular weight excluding hydrogens is 198 g/mol. The van der Waals surface area contributed by atoms with Crippen LogP contribution in [0.2, 0.25) is 0 Å². The van der Waals surface area contributed by atoms with E-state index < -0.39 is 0 Å². The number of benzene rings is 1. The Bertz CT molecular complexity index is 400. The highest BCUT2D eigenvalue weighted by molar-refractivity contribution is 5.96. The van der Waals surface area contributed by atoms with E-state index in [4.69, 9.17) is 0 Å². The van der Waals surface area contributed by atoms with E-state index in [1.807, 2.05) is 17.0 Å². The van der Waals surface area contributed by atoms with Gasteiger partial charge in [0.2, 0.25) is 0 Å². The second-order valence-electron chi connectivity index (χ2n) is 5.63. The molecule has 1 heterocycles. The van der Waals surface area contributed by atoms with Gasteiger partial charge in [0, 0.05) is 18.2 Å². The Morgan fingerprint density at radius 2 is 1.75 bits per heavy atom. The lowest BCUT2D eigenvalue weighted by Gasteiger charge is -2.19. The van der Waals surface area contributed by atoms with Crippen molar-refractivity contribution >= 4 is 5.91 Å². The molecule has 2 rings (SSSR count). The smallest absolute Gasteiger partial charge is 0.254 e. The molecule has 1 amide bonds. The molecule has 1 saturated heterocycles. The van der Waals surface area contributed by atoms with Gasteiger partial charge >= 0.3 is 0 Å². The summed E-state index contributed by atoms with van der Waals surface area (Å²) in [5.41, 5.74) is 2.22. The van der Waals surface area contributed by atoms with Crippen LogP contribution in [0.3, 0.4) is 0 Å². The first kappa shape index (κ1) is 11.2. The van der Waals surface area contributed by atoms with Crippen molar-refractivity contribution in [1.29, 1.82) is 0 Å². The highest BCUT2D eigenvalue weighted by atomic mass is 16.2. The molecule has 0 radical (unpaired) electrons. The van der Waals surface area contributed by atoms with E-state index in [1.54, 1.807) is 0 Å². The second-order valence-corrected chi connectivity index (χ2v) is 5.63. The molecule has 1 aliphatic heterocycles. The van der Waals surface area contributed by atoms with E-state index in [2.05, 4.69) is 39.8 Å². The number of carbonyl (C=O) groups is 1. The Morgan fingerprint density at radius 1 is 1.25 bits per heavy atom. The predicted molar refractivity (Wildman–Crippen MR) is 65.6 cm³/mol. The van der Waals surface area contributed by atoms with Crippen LogP contribution in [0.5, 0.6) is 0 Å². The van der Waals surface area contributed by atoms with Crippen molar-refractivity contribution in [3.8, 4) is 0 Å². The van der Waals surface area contributed by atoms with Crippen LogP contribution in [-0.4, -0.2) is 23.4 Å². The molecule has 0 aromatic heterocycles. The Labute approximate surface area is 97.3 Å². The zero-order valence-corrected chi connectivity index (χ0v) is 10.4. The monoisotopic (exact) mass is 217 g/mol. The summed E-state index contributed by atoms with van der Waals surface area (Å²) in [6, 6.07) is 8.42. The number of hydrogen-bond donors (Lipinski definition) is 0. The second kappa shape index (κ2) is 3.62. The molecule has 0 N–H and O–H groups in total. The van der Waals surface area contributed by atoms with Crippen molar-refractivity contribution in [2.24, 2.45) is 0 Å². The fourth-order valence-corrected chi connectivity index (χ4v) is 1.80. The van der Waals surface area contributed by atoms with Gasteiger partial charge in [-0.15, -0.1) is 0 Å². The highest BCUT2D eigenvalue weighted by Crippen LogP contribution is 2.24. The van der Waals surface area contributed by atoms with Gasteiger partial charge in [-0.25, -0.2) is 0 Å². The standard InChI is InChI=1S/C14H19NO/c1-10-9-15(10)13(16)11-5-7-12(8-6-11)14(2,3)4/h5-8,10H,9H2,1-4H3. The summed E-state index contributed by atoms with van der Waals surface area (Å²) in [5, 5.41) is 0. The summed E-state index contributed by atoms with van der Waals surface area (Å²) < 4.78 is 0. The van der Waals surface area contributed by atoms with Gasteiger partial charge < -0.3 is 4.90 Å². The molecule has 1 aromatic rings. The van der Waals surface area contributed by atoms with Crippen molar-refractivity contribution < 1.29 is 4.79 Å². The number of rotatable bonds is 1. The Kier molecular flexibility index (Phi) is 2.53. The molecule has 1 aliphatic rings. The molecule has 86 valence electrons. The van der Waals surface area contributed by atoms with Crippen LogP contribution in [0.15, 0.2) is 24.3 Å². The third-order valence-corrected chi connectivity index (χ3v) is 3.12. The van der Waals surface area contributed by atoms with Gasteiger partial charge in [0.15, 0.2) is 0 Å². The topological polar surface area (TPSA) is 20.1 Å². The molecule has 16 heavy (non-hydrogen) atoms. The molecule has 1 unspecified atom stereocenters. The molecule has 1 atom stereocenters. The molecule has 0 aliphatic carbocycles. The van der Waals surface area contributed by atoms with Gasteiger partial charge in [0.1, 0.15) is 0 Å². The number of carbonyl (C=O) groups excluding carboxylic acids is 1.